The second kappa shape index (κ2) is 6.63. The minimum Gasteiger partial charge on any atom is -0.396 e. The summed E-state index contributed by atoms with van der Waals surface area (Å²) in [5.74, 6) is 0.0715. The second-order valence-electron chi connectivity index (χ2n) is 5.04. The minimum absolute atomic E-state index is 0.0247. The molecule has 0 radical (unpaired) electrons. The smallest absolute Gasteiger partial charge is 0.240 e. The maximum absolute atomic E-state index is 12.4. The van der Waals surface area contributed by atoms with Gasteiger partial charge in [-0.3, -0.25) is 9.78 Å². The highest BCUT2D eigenvalue weighted by Gasteiger charge is 2.28. The van der Waals surface area contributed by atoms with Crippen LogP contribution in [0.1, 0.15) is 25.3 Å². The van der Waals surface area contributed by atoms with Crippen LogP contribution in [0.15, 0.2) is 24.5 Å². The van der Waals surface area contributed by atoms with Gasteiger partial charge in [-0.05, 0) is 31.4 Å². The fourth-order valence-electron chi connectivity index (χ4n) is 2.38. The molecule has 104 valence electrons. The van der Waals surface area contributed by atoms with Crippen molar-refractivity contribution in [1.82, 2.24) is 15.2 Å². The quantitative estimate of drug-likeness (QED) is 0.832. The van der Waals surface area contributed by atoms with Crippen molar-refractivity contribution in [2.24, 2.45) is 0 Å². The first-order valence-corrected chi connectivity index (χ1v) is 6.75. The summed E-state index contributed by atoms with van der Waals surface area (Å²) < 4.78 is 0. The Labute approximate surface area is 113 Å². The fourth-order valence-corrected chi connectivity index (χ4v) is 2.38. The Hall–Kier alpha value is -1.46. The van der Waals surface area contributed by atoms with Crippen molar-refractivity contribution in [2.45, 2.75) is 38.4 Å². The van der Waals surface area contributed by atoms with Gasteiger partial charge < -0.3 is 15.3 Å². The lowest BCUT2D eigenvalue weighted by Crippen LogP contribution is -2.45. The molecule has 1 aromatic rings. The molecule has 2 N–H and O–H groups in total. The Morgan fingerprint density at radius 1 is 1.58 bits per heavy atom. The average Bonchev–Trinajstić information content (AvgIpc) is 2.54. The Morgan fingerprint density at radius 2 is 2.42 bits per heavy atom. The van der Waals surface area contributed by atoms with Crippen LogP contribution in [0.2, 0.25) is 0 Å². The van der Waals surface area contributed by atoms with E-state index in [1.54, 1.807) is 12.4 Å². The molecule has 5 nitrogen and oxygen atoms in total. The van der Waals surface area contributed by atoms with Crippen molar-refractivity contribution in [3.05, 3.63) is 30.1 Å². The van der Waals surface area contributed by atoms with Crippen molar-refractivity contribution in [2.75, 3.05) is 13.2 Å². The van der Waals surface area contributed by atoms with Crippen molar-refractivity contribution >= 4 is 5.91 Å². The molecule has 1 amide bonds. The first-order valence-electron chi connectivity index (χ1n) is 6.75. The van der Waals surface area contributed by atoms with E-state index < -0.39 is 0 Å². The molecule has 2 rings (SSSR count). The highest BCUT2D eigenvalue weighted by atomic mass is 16.3. The van der Waals surface area contributed by atoms with Gasteiger partial charge in [-0.15, -0.1) is 0 Å². The number of carbonyl (C=O) groups is 1. The molecule has 0 saturated carbocycles. The summed E-state index contributed by atoms with van der Waals surface area (Å²) in [4.78, 5) is 18.3. The van der Waals surface area contributed by atoms with Gasteiger partial charge in [0.1, 0.15) is 0 Å². The van der Waals surface area contributed by atoms with Crippen LogP contribution in [0.5, 0.6) is 0 Å². The summed E-state index contributed by atoms with van der Waals surface area (Å²) in [6.07, 6.45) is 4.91. The molecule has 0 aromatic carbocycles. The van der Waals surface area contributed by atoms with Crippen LogP contribution in [-0.4, -0.2) is 46.1 Å². The normalized spacial score (nSPS) is 24.3. The summed E-state index contributed by atoms with van der Waals surface area (Å²) in [6.45, 7) is 3.43. The average molecular weight is 263 g/mol. The Balaban J connectivity index is 2.08. The number of hydrogen-bond acceptors (Lipinski definition) is 4. The van der Waals surface area contributed by atoms with Crippen molar-refractivity contribution in [3.63, 3.8) is 0 Å². The molecule has 2 heterocycles. The number of nitrogens with one attached hydrogen (secondary N) is 1. The van der Waals surface area contributed by atoms with Crippen LogP contribution in [-0.2, 0) is 11.3 Å². The Kier molecular flexibility index (Phi) is 4.87. The first-order chi connectivity index (χ1) is 9.20. The van der Waals surface area contributed by atoms with Crippen LogP contribution in [0, 0.1) is 0 Å². The molecule has 1 fully saturated rings. The van der Waals surface area contributed by atoms with Gasteiger partial charge in [0.25, 0.3) is 0 Å². The van der Waals surface area contributed by atoms with Gasteiger partial charge in [0, 0.05) is 38.1 Å². The van der Waals surface area contributed by atoms with Crippen molar-refractivity contribution in [3.8, 4) is 0 Å². The van der Waals surface area contributed by atoms with E-state index in [1.165, 1.54) is 0 Å². The summed E-state index contributed by atoms with van der Waals surface area (Å²) in [5, 5.41) is 12.3. The Bertz CT molecular complexity index is 410. The van der Waals surface area contributed by atoms with Crippen LogP contribution >= 0.6 is 0 Å². The van der Waals surface area contributed by atoms with Gasteiger partial charge in [-0.1, -0.05) is 6.07 Å². The Morgan fingerprint density at radius 3 is 3.11 bits per heavy atom. The van der Waals surface area contributed by atoms with Gasteiger partial charge in [0.2, 0.25) is 5.91 Å². The third-order valence-electron chi connectivity index (χ3n) is 3.44. The van der Waals surface area contributed by atoms with Crippen molar-refractivity contribution < 1.29 is 9.90 Å². The van der Waals surface area contributed by atoms with Gasteiger partial charge in [0.05, 0.1) is 6.04 Å². The third-order valence-corrected chi connectivity index (χ3v) is 3.44. The second-order valence-corrected chi connectivity index (χ2v) is 5.04. The van der Waals surface area contributed by atoms with Crippen LogP contribution < -0.4 is 5.32 Å². The lowest BCUT2D eigenvalue weighted by Gasteiger charge is -2.24. The number of aliphatic hydroxyl groups excluding tert-OH is 1. The molecule has 5 heteroatoms. The monoisotopic (exact) mass is 263 g/mol. The summed E-state index contributed by atoms with van der Waals surface area (Å²) in [6, 6.07) is 3.87. The lowest BCUT2D eigenvalue weighted by molar-refractivity contribution is -0.133. The van der Waals surface area contributed by atoms with Gasteiger partial charge in [-0.25, -0.2) is 0 Å². The summed E-state index contributed by atoms with van der Waals surface area (Å²) in [7, 11) is 0. The zero-order valence-electron chi connectivity index (χ0n) is 11.2. The number of nitrogens with zero attached hydrogens (tertiary/aromatic N) is 2. The van der Waals surface area contributed by atoms with Crippen LogP contribution in [0.25, 0.3) is 0 Å². The van der Waals surface area contributed by atoms with Crippen molar-refractivity contribution in [1.29, 1.82) is 0 Å². The zero-order chi connectivity index (χ0) is 13.7. The zero-order valence-corrected chi connectivity index (χ0v) is 11.2. The molecular weight excluding hydrogens is 242 g/mol. The molecule has 0 bridgehead atoms. The molecule has 1 aromatic heterocycles. The third kappa shape index (κ3) is 3.75. The minimum atomic E-state index is -0.279. The van der Waals surface area contributed by atoms with Gasteiger partial charge >= 0.3 is 0 Å². The predicted molar refractivity (Wildman–Crippen MR) is 72.4 cm³/mol. The number of hydrogen-bond donors (Lipinski definition) is 2. The van der Waals surface area contributed by atoms with Crippen LogP contribution in [0.3, 0.4) is 0 Å². The van der Waals surface area contributed by atoms with Crippen LogP contribution in [0.4, 0.5) is 0 Å². The number of aliphatic hydroxyl groups is 1. The SMILES string of the molecule is CC1CCN(Cc2cccnc2)C(=O)C(CCO)N1. The van der Waals surface area contributed by atoms with E-state index in [0.29, 0.717) is 19.0 Å². The highest BCUT2D eigenvalue weighted by molar-refractivity contribution is 5.82. The van der Waals surface area contributed by atoms with E-state index >= 15 is 0 Å². The fraction of sp³-hybridized carbons (Fsp3) is 0.571. The molecule has 1 saturated heterocycles. The molecule has 19 heavy (non-hydrogen) atoms. The number of pyridine rings is 1. The van der Waals surface area contributed by atoms with Gasteiger partial charge in [0.15, 0.2) is 0 Å². The van der Waals surface area contributed by atoms with E-state index in [4.69, 9.17) is 5.11 Å². The highest BCUT2D eigenvalue weighted by Crippen LogP contribution is 2.13. The van der Waals surface area contributed by atoms with E-state index in [-0.39, 0.29) is 18.6 Å². The molecule has 1 aliphatic rings. The molecule has 0 spiro atoms. The molecule has 2 unspecified atom stereocenters. The topological polar surface area (TPSA) is 65.5 Å². The summed E-state index contributed by atoms with van der Waals surface area (Å²) in [5.41, 5.74) is 1.04. The maximum Gasteiger partial charge on any atom is 0.240 e. The molecule has 1 aliphatic heterocycles. The van der Waals surface area contributed by atoms with E-state index in [1.807, 2.05) is 17.0 Å². The molecule has 2 atom stereocenters. The van der Waals surface area contributed by atoms with E-state index in [0.717, 1.165) is 18.5 Å². The first kappa shape index (κ1) is 14.0. The standard InChI is InChI=1S/C14H21N3O2/c1-11-4-7-17(10-12-3-2-6-15-9-12)14(19)13(16-11)5-8-18/h2-3,6,9,11,13,16,18H,4-5,7-8,10H2,1H3. The maximum atomic E-state index is 12.4. The number of aromatic nitrogens is 1. The molecule has 0 aliphatic carbocycles. The largest absolute Gasteiger partial charge is 0.396 e. The van der Waals surface area contributed by atoms with E-state index in [9.17, 15) is 4.79 Å². The molecular formula is C14H21N3O2. The van der Waals surface area contributed by atoms with Gasteiger partial charge in [-0.2, -0.15) is 0 Å². The number of amides is 1. The lowest BCUT2D eigenvalue weighted by atomic mass is 10.1. The summed E-state index contributed by atoms with van der Waals surface area (Å²) >= 11 is 0. The predicted octanol–water partition coefficient (Wildman–Crippen LogP) is 0.543. The van der Waals surface area contributed by atoms with E-state index in [2.05, 4.69) is 17.2 Å². The number of carbonyl (C=O) groups excluding carboxylic acids is 1. The number of rotatable bonds is 4.